The molecule has 158 valence electrons. The van der Waals surface area contributed by atoms with Gasteiger partial charge in [-0.25, -0.2) is 4.98 Å². The Morgan fingerprint density at radius 2 is 2.07 bits per heavy atom. The van der Waals surface area contributed by atoms with Crippen molar-refractivity contribution in [1.82, 2.24) is 14.9 Å². The van der Waals surface area contributed by atoms with E-state index in [-0.39, 0.29) is 12.0 Å². The number of anilines is 1. The summed E-state index contributed by atoms with van der Waals surface area (Å²) in [6.07, 6.45) is 1.50. The van der Waals surface area contributed by atoms with Crippen molar-refractivity contribution in [2.45, 2.75) is 33.4 Å². The van der Waals surface area contributed by atoms with Crippen molar-refractivity contribution in [3.05, 3.63) is 64.4 Å². The van der Waals surface area contributed by atoms with E-state index in [4.69, 9.17) is 16.3 Å². The van der Waals surface area contributed by atoms with E-state index in [1.54, 1.807) is 17.2 Å². The molecule has 1 atom stereocenters. The maximum atomic E-state index is 13.4. The quantitative estimate of drug-likeness (QED) is 0.565. The number of pyridine rings is 2. The molecular weight excluding hydrogens is 400 g/mol. The molecule has 2 aromatic heterocycles. The molecule has 0 aliphatic carbocycles. The molecule has 0 aliphatic rings. The Bertz CT molecular complexity index is 1020. The van der Waals surface area contributed by atoms with Gasteiger partial charge in [-0.2, -0.15) is 0 Å². The van der Waals surface area contributed by atoms with Crippen LogP contribution in [0.3, 0.4) is 0 Å². The van der Waals surface area contributed by atoms with E-state index >= 15 is 0 Å². The molecule has 0 saturated carbocycles. The maximum absolute atomic E-state index is 13.4. The summed E-state index contributed by atoms with van der Waals surface area (Å²) in [4.78, 5) is 24.1. The van der Waals surface area contributed by atoms with Crippen molar-refractivity contribution in [1.29, 1.82) is 0 Å². The van der Waals surface area contributed by atoms with Crippen LogP contribution in [0.5, 0.6) is 0 Å². The van der Waals surface area contributed by atoms with Gasteiger partial charge in [0.1, 0.15) is 5.82 Å². The van der Waals surface area contributed by atoms with Crippen LogP contribution < -0.4 is 5.32 Å². The Morgan fingerprint density at radius 1 is 1.27 bits per heavy atom. The minimum Gasteiger partial charge on any atom is -0.377 e. The SMILES string of the molecule is CCOC(C)CN(Cc1ccc(Cl)cn1)C(=O)c1ccc2nc(NC)c(C)cc2c1. The standard InChI is InChI=1S/C23H27ClN4O2/c1-5-30-16(3)13-28(14-20-8-7-19(24)12-26-20)23(29)17-6-9-21-18(11-17)10-15(2)22(25-4)27-21/h6-12,16H,5,13-14H2,1-4H3,(H,25,27). The lowest BCUT2D eigenvalue weighted by Gasteiger charge is -2.26. The van der Waals surface area contributed by atoms with Crippen LogP contribution in [0.15, 0.2) is 42.6 Å². The van der Waals surface area contributed by atoms with Crippen LogP contribution >= 0.6 is 11.6 Å². The van der Waals surface area contributed by atoms with E-state index in [9.17, 15) is 4.79 Å². The van der Waals surface area contributed by atoms with E-state index in [0.717, 1.165) is 28.0 Å². The number of nitrogens with zero attached hydrogens (tertiary/aromatic N) is 3. The predicted molar refractivity (Wildman–Crippen MR) is 121 cm³/mol. The first-order chi connectivity index (χ1) is 14.4. The minimum absolute atomic E-state index is 0.0736. The van der Waals surface area contributed by atoms with Gasteiger partial charge in [-0.1, -0.05) is 11.6 Å². The third-order valence-corrected chi connectivity index (χ3v) is 5.07. The molecule has 0 aliphatic heterocycles. The Balaban J connectivity index is 1.91. The fourth-order valence-corrected chi connectivity index (χ4v) is 3.53. The van der Waals surface area contributed by atoms with Crippen molar-refractivity contribution < 1.29 is 9.53 Å². The number of hydrogen-bond donors (Lipinski definition) is 1. The predicted octanol–water partition coefficient (Wildman–Crippen LogP) is 4.70. The highest BCUT2D eigenvalue weighted by Crippen LogP contribution is 2.22. The molecule has 6 nitrogen and oxygen atoms in total. The molecule has 0 fully saturated rings. The number of carbonyl (C=O) groups is 1. The molecule has 3 aromatic rings. The molecule has 3 rings (SSSR count). The molecule has 0 saturated heterocycles. The lowest BCUT2D eigenvalue weighted by atomic mass is 10.1. The smallest absolute Gasteiger partial charge is 0.254 e. The number of amides is 1. The van der Waals surface area contributed by atoms with E-state index < -0.39 is 0 Å². The van der Waals surface area contributed by atoms with Crippen LogP contribution in [0.25, 0.3) is 10.9 Å². The lowest BCUT2D eigenvalue weighted by Crippen LogP contribution is -2.37. The van der Waals surface area contributed by atoms with Gasteiger partial charge in [-0.3, -0.25) is 9.78 Å². The highest BCUT2D eigenvalue weighted by molar-refractivity contribution is 6.30. The van der Waals surface area contributed by atoms with Crippen LogP contribution in [0.2, 0.25) is 5.02 Å². The number of halogens is 1. The van der Waals surface area contributed by atoms with Crippen LogP contribution in [0.4, 0.5) is 5.82 Å². The number of hydrogen-bond acceptors (Lipinski definition) is 5. The Kier molecular flexibility index (Phi) is 7.24. The number of rotatable bonds is 8. The van der Waals surface area contributed by atoms with E-state index in [1.807, 2.05) is 58.2 Å². The number of carbonyl (C=O) groups excluding carboxylic acids is 1. The molecular formula is C23H27ClN4O2. The summed E-state index contributed by atoms with van der Waals surface area (Å²) < 4.78 is 5.67. The van der Waals surface area contributed by atoms with Crippen molar-refractivity contribution in [3.8, 4) is 0 Å². The molecule has 1 aromatic carbocycles. The second kappa shape index (κ2) is 9.87. The molecule has 30 heavy (non-hydrogen) atoms. The number of aromatic nitrogens is 2. The zero-order chi connectivity index (χ0) is 21.7. The first-order valence-electron chi connectivity index (χ1n) is 10.0. The summed E-state index contributed by atoms with van der Waals surface area (Å²) >= 11 is 5.95. The second-order valence-corrected chi connectivity index (χ2v) is 7.67. The first-order valence-corrected chi connectivity index (χ1v) is 10.4. The van der Waals surface area contributed by atoms with Crippen molar-refractivity contribution in [2.75, 3.05) is 25.5 Å². The molecule has 2 heterocycles. The van der Waals surface area contributed by atoms with E-state index in [2.05, 4.69) is 15.3 Å². The number of ether oxygens (including phenoxy) is 1. The average molecular weight is 427 g/mol. The monoisotopic (exact) mass is 426 g/mol. The van der Waals surface area contributed by atoms with Gasteiger partial charge in [0.15, 0.2) is 0 Å². The molecule has 0 radical (unpaired) electrons. The van der Waals surface area contributed by atoms with Crippen LogP contribution in [-0.4, -0.2) is 47.1 Å². The molecule has 1 amide bonds. The Morgan fingerprint density at radius 3 is 2.73 bits per heavy atom. The summed E-state index contributed by atoms with van der Waals surface area (Å²) in [5, 5.41) is 4.59. The Hall–Kier alpha value is -2.70. The summed E-state index contributed by atoms with van der Waals surface area (Å²) in [7, 11) is 1.85. The van der Waals surface area contributed by atoms with Gasteiger partial charge >= 0.3 is 0 Å². The third-order valence-electron chi connectivity index (χ3n) is 4.85. The molecule has 7 heteroatoms. The van der Waals surface area contributed by atoms with Crippen LogP contribution in [-0.2, 0) is 11.3 Å². The van der Waals surface area contributed by atoms with Gasteiger partial charge in [0.2, 0.25) is 0 Å². The topological polar surface area (TPSA) is 67.3 Å². The van der Waals surface area contributed by atoms with E-state index in [0.29, 0.717) is 30.3 Å². The van der Waals surface area contributed by atoms with E-state index in [1.165, 1.54) is 0 Å². The van der Waals surface area contributed by atoms with Crippen molar-refractivity contribution in [3.63, 3.8) is 0 Å². The normalized spacial score (nSPS) is 12.0. The van der Waals surface area contributed by atoms with Gasteiger partial charge in [0.05, 0.1) is 28.9 Å². The number of fused-ring (bicyclic) bond motifs is 1. The largest absolute Gasteiger partial charge is 0.377 e. The lowest BCUT2D eigenvalue weighted by molar-refractivity contribution is 0.0360. The highest BCUT2D eigenvalue weighted by Gasteiger charge is 2.20. The molecule has 1 unspecified atom stereocenters. The fourth-order valence-electron chi connectivity index (χ4n) is 3.41. The van der Waals surface area contributed by atoms with Gasteiger partial charge < -0.3 is 15.0 Å². The average Bonchev–Trinajstić information content (AvgIpc) is 2.73. The summed E-state index contributed by atoms with van der Waals surface area (Å²) in [6.45, 7) is 7.34. The first kappa shape index (κ1) is 22.0. The van der Waals surface area contributed by atoms with Gasteiger partial charge in [-0.05, 0) is 62.7 Å². The minimum atomic E-state index is -0.0891. The highest BCUT2D eigenvalue weighted by atomic mass is 35.5. The molecule has 0 spiro atoms. The summed E-state index contributed by atoms with van der Waals surface area (Å²) in [5.41, 5.74) is 3.25. The molecule has 0 bridgehead atoms. The number of nitrogens with one attached hydrogen (secondary N) is 1. The zero-order valence-electron chi connectivity index (χ0n) is 17.8. The molecule has 1 N–H and O–H groups in total. The Labute approximate surface area is 182 Å². The van der Waals surface area contributed by atoms with Gasteiger partial charge in [0, 0.05) is 37.3 Å². The van der Waals surface area contributed by atoms with Gasteiger partial charge in [-0.15, -0.1) is 0 Å². The third kappa shape index (κ3) is 5.26. The number of aryl methyl sites for hydroxylation is 1. The van der Waals surface area contributed by atoms with Crippen LogP contribution in [0.1, 0.15) is 35.5 Å². The summed E-state index contributed by atoms with van der Waals surface area (Å²) in [6, 6.07) is 11.3. The summed E-state index contributed by atoms with van der Waals surface area (Å²) in [5.74, 6) is 0.762. The van der Waals surface area contributed by atoms with Crippen molar-refractivity contribution in [2.24, 2.45) is 0 Å². The second-order valence-electron chi connectivity index (χ2n) is 7.23. The van der Waals surface area contributed by atoms with Crippen molar-refractivity contribution >= 4 is 34.2 Å². The maximum Gasteiger partial charge on any atom is 0.254 e. The fraction of sp³-hybridized carbons (Fsp3) is 0.348. The van der Waals surface area contributed by atoms with Crippen LogP contribution in [0, 0.1) is 6.92 Å². The zero-order valence-corrected chi connectivity index (χ0v) is 18.5. The number of benzene rings is 1. The van der Waals surface area contributed by atoms with Gasteiger partial charge in [0.25, 0.3) is 5.91 Å².